The van der Waals surface area contributed by atoms with Gasteiger partial charge in [0.15, 0.2) is 23.3 Å². The predicted octanol–water partition coefficient (Wildman–Crippen LogP) is 4.95. The minimum Gasteiger partial charge on any atom is -0.443 e. The van der Waals surface area contributed by atoms with E-state index in [1.165, 1.54) is 12.1 Å². The fourth-order valence-electron chi connectivity index (χ4n) is 2.99. The summed E-state index contributed by atoms with van der Waals surface area (Å²) in [7, 11) is 0. The molecule has 2 heterocycles. The number of nitrogens with zero attached hydrogens (tertiary/aromatic N) is 2. The van der Waals surface area contributed by atoms with Gasteiger partial charge in [0.05, 0.1) is 5.02 Å². The molecule has 0 radical (unpaired) electrons. The molecular weight excluding hydrogens is 402 g/mol. The third-order valence-electron chi connectivity index (χ3n) is 4.53. The molecule has 27 heavy (non-hydrogen) atoms. The molecule has 1 saturated heterocycles. The van der Waals surface area contributed by atoms with Crippen LogP contribution in [0.15, 0.2) is 35.1 Å². The zero-order valence-corrected chi connectivity index (χ0v) is 14.1. The summed E-state index contributed by atoms with van der Waals surface area (Å²) in [6, 6.07) is 6.15. The Morgan fingerprint density at radius 2 is 1.78 bits per heavy atom. The fraction of sp³-hybridized carbons (Fsp3) is 0.375. The lowest BCUT2D eigenvalue weighted by Crippen LogP contribution is -2.52. The number of halogens is 7. The Morgan fingerprint density at radius 3 is 2.33 bits per heavy atom. The van der Waals surface area contributed by atoms with E-state index < -0.39 is 48.9 Å². The molecule has 0 aliphatic carbocycles. The number of likely N-dealkylation sites (tertiary alicyclic amines) is 1. The number of hydrogen-bond donors (Lipinski definition) is 0. The molecule has 3 rings (SSSR count). The van der Waals surface area contributed by atoms with Gasteiger partial charge in [-0.2, -0.15) is 26.3 Å². The van der Waals surface area contributed by atoms with Gasteiger partial charge in [-0.25, -0.2) is 4.98 Å². The first-order valence-electron chi connectivity index (χ1n) is 7.59. The van der Waals surface area contributed by atoms with Crippen molar-refractivity contribution < 1.29 is 35.6 Å². The van der Waals surface area contributed by atoms with E-state index in [2.05, 4.69) is 4.98 Å². The summed E-state index contributed by atoms with van der Waals surface area (Å²) in [5.41, 5.74) is -4.12. The predicted molar refractivity (Wildman–Crippen MR) is 82.0 cm³/mol. The summed E-state index contributed by atoms with van der Waals surface area (Å²) in [5, 5.41) is 0.185. The van der Waals surface area contributed by atoms with Gasteiger partial charge < -0.3 is 9.32 Å². The molecule has 2 aromatic rings. The number of benzene rings is 1. The summed E-state index contributed by atoms with van der Waals surface area (Å²) >= 11 is 6.01. The van der Waals surface area contributed by atoms with Gasteiger partial charge >= 0.3 is 12.4 Å². The first kappa shape index (κ1) is 19.5. The number of amides is 1. The normalized spacial score (nSPS) is 17.4. The van der Waals surface area contributed by atoms with Crippen molar-refractivity contribution in [2.45, 2.75) is 18.8 Å². The molecule has 1 aromatic heterocycles. The summed E-state index contributed by atoms with van der Waals surface area (Å²) in [6.45, 7) is -2.25. The second kappa shape index (κ2) is 6.43. The average molecular weight is 413 g/mol. The molecule has 1 aliphatic rings. The molecule has 0 bridgehead atoms. The Hall–Kier alpha value is -2.23. The molecule has 1 aliphatic heterocycles. The van der Waals surface area contributed by atoms with Crippen LogP contribution in [0.1, 0.15) is 16.9 Å². The van der Waals surface area contributed by atoms with Crippen LogP contribution < -0.4 is 0 Å². The summed E-state index contributed by atoms with van der Waals surface area (Å²) < 4.78 is 84.2. The Balaban J connectivity index is 1.94. The first-order valence-corrected chi connectivity index (χ1v) is 7.97. The van der Waals surface area contributed by atoms with Crippen molar-refractivity contribution in [3.8, 4) is 11.3 Å². The molecule has 0 spiro atoms. The second-order valence-corrected chi connectivity index (χ2v) is 6.47. The van der Waals surface area contributed by atoms with Crippen LogP contribution in [0.3, 0.4) is 0 Å². The van der Waals surface area contributed by atoms with Gasteiger partial charge in [0.1, 0.15) is 0 Å². The zero-order chi connectivity index (χ0) is 20.0. The van der Waals surface area contributed by atoms with Gasteiger partial charge in [-0.15, -0.1) is 0 Å². The molecule has 1 amide bonds. The zero-order valence-electron chi connectivity index (χ0n) is 13.4. The maximum atomic E-state index is 13.2. The Bertz CT molecular complexity index is 847. The quantitative estimate of drug-likeness (QED) is 0.656. The van der Waals surface area contributed by atoms with Crippen LogP contribution in [0.5, 0.6) is 0 Å². The Kier molecular flexibility index (Phi) is 4.65. The van der Waals surface area contributed by atoms with E-state index in [-0.39, 0.29) is 16.3 Å². The number of alkyl halides is 6. The lowest BCUT2D eigenvalue weighted by Gasteiger charge is -2.33. The maximum Gasteiger partial charge on any atom is 0.404 e. The highest BCUT2D eigenvalue weighted by atomic mass is 35.5. The molecule has 1 fully saturated rings. The SMILES string of the molecule is O=C(c1ncoc1-c1ccccc1Cl)N1CCC(C(F)(F)F)(C(F)(F)F)C1. The smallest absolute Gasteiger partial charge is 0.404 e. The van der Waals surface area contributed by atoms with Gasteiger partial charge in [0.25, 0.3) is 5.91 Å². The number of aromatic nitrogens is 1. The van der Waals surface area contributed by atoms with E-state index in [1.807, 2.05) is 0 Å². The summed E-state index contributed by atoms with van der Waals surface area (Å²) in [5.74, 6) is -1.21. The Morgan fingerprint density at radius 1 is 1.15 bits per heavy atom. The molecule has 1 aromatic carbocycles. The second-order valence-electron chi connectivity index (χ2n) is 6.06. The fourth-order valence-corrected chi connectivity index (χ4v) is 3.21. The lowest BCUT2D eigenvalue weighted by molar-refractivity contribution is -0.334. The largest absolute Gasteiger partial charge is 0.443 e. The van der Waals surface area contributed by atoms with Crippen molar-refractivity contribution in [1.82, 2.24) is 9.88 Å². The third kappa shape index (κ3) is 3.15. The average Bonchev–Trinajstić information content (AvgIpc) is 3.21. The van der Waals surface area contributed by atoms with Gasteiger partial charge in [-0.05, 0) is 18.6 Å². The summed E-state index contributed by atoms with van der Waals surface area (Å²) in [6.07, 6.45) is -11.5. The van der Waals surface area contributed by atoms with Crippen molar-refractivity contribution in [3.05, 3.63) is 41.4 Å². The third-order valence-corrected chi connectivity index (χ3v) is 4.86. The van der Waals surface area contributed by atoms with Crippen LogP contribution in [0.4, 0.5) is 26.3 Å². The first-order chi connectivity index (χ1) is 12.5. The van der Waals surface area contributed by atoms with Crippen molar-refractivity contribution in [2.75, 3.05) is 13.1 Å². The number of rotatable bonds is 2. The highest BCUT2D eigenvalue weighted by Crippen LogP contribution is 2.55. The molecule has 4 nitrogen and oxygen atoms in total. The van der Waals surface area contributed by atoms with Gasteiger partial charge in [-0.1, -0.05) is 23.7 Å². The minimum absolute atomic E-state index is 0.123. The number of hydrogen-bond acceptors (Lipinski definition) is 3. The standard InChI is InChI=1S/C16H11ClF6N2O2/c17-10-4-2-1-3-9(10)12-11(24-8-27-12)13(26)25-6-5-14(7-25,15(18,19)20)16(21,22)23/h1-4,8H,5-7H2. The number of carbonyl (C=O) groups excluding carboxylic acids is 1. The molecule has 0 N–H and O–H groups in total. The highest BCUT2D eigenvalue weighted by Gasteiger charge is 2.73. The van der Waals surface area contributed by atoms with Crippen LogP contribution in [-0.2, 0) is 0 Å². The number of carbonyl (C=O) groups is 1. The topological polar surface area (TPSA) is 46.3 Å². The highest BCUT2D eigenvalue weighted by molar-refractivity contribution is 6.33. The van der Waals surface area contributed by atoms with E-state index in [0.29, 0.717) is 4.90 Å². The monoisotopic (exact) mass is 412 g/mol. The van der Waals surface area contributed by atoms with Gasteiger partial charge in [0.2, 0.25) is 0 Å². The van der Waals surface area contributed by atoms with Gasteiger partial charge in [0, 0.05) is 18.7 Å². The van der Waals surface area contributed by atoms with Crippen LogP contribution in [0, 0.1) is 5.41 Å². The van der Waals surface area contributed by atoms with E-state index >= 15 is 0 Å². The van der Waals surface area contributed by atoms with Crippen LogP contribution in [-0.4, -0.2) is 41.2 Å². The van der Waals surface area contributed by atoms with Crippen molar-refractivity contribution in [3.63, 3.8) is 0 Å². The van der Waals surface area contributed by atoms with E-state index in [9.17, 15) is 31.1 Å². The van der Waals surface area contributed by atoms with E-state index in [1.54, 1.807) is 12.1 Å². The van der Waals surface area contributed by atoms with Crippen molar-refractivity contribution in [2.24, 2.45) is 5.41 Å². The molecule has 0 atom stereocenters. The molecule has 146 valence electrons. The lowest BCUT2D eigenvalue weighted by atomic mass is 9.85. The van der Waals surface area contributed by atoms with Crippen LogP contribution in [0.2, 0.25) is 5.02 Å². The van der Waals surface area contributed by atoms with Crippen LogP contribution in [0.25, 0.3) is 11.3 Å². The molecule has 11 heteroatoms. The van der Waals surface area contributed by atoms with Gasteiger partial charge in [-0.3, -0.25) is 4.79 Å². The van der Waals surface area contributed by atoms with Crippen molar-refractivity contribution in [1.29, 1.82) is 0 Å². The number of oxazole rings is 1. The summed E-state index contributed by atoms with van der Waals surface area (Å²) in [4.78, 5) is 16.7. The van der Waals surface area contributed by atoms with E-state index in [4.69, 9.17) is 16.0 Å². The molecule has 0 saturated carbocycles. The molecular formula is C16H11ClF6N2O2. The maximum absolute atomic E-state index is 13.2. The van der Waals surface area contributed by atoms with Crippen molar-refractivity contribution >= 4 is 17.5 Å². The minimum atomic E-state index is -5.55. The Labute approximate surface area is 153 Å². The molecule has 0 unspecified atom stereocenters. The van der Waals surface area contributed by atoms with Crippen LogP contribution >= 0.6 is 11.6 Å². The van der Waals surface area contributed by atoms with E-state index in [0.717, 1.165) is 6.39 Å².